The van der Waals surface area contributed by atoms with E-state index in [-0.39, 0.29) is 12.0 Å². The molecule has 0 amide bonds. The normalized spacial score (nSPS) is 20.9. The minimum Gasteiger partial charge on any atom is -0.492 e. The van der Waals surface area contributed by atoms with Gasteiger partial charge in [-0.2, -0.15) is 11.8 Å². The van der Waals surface area contributed by atoms with Crippen LogP contribution in [0, 0.1) is 0 Å². The van der Waals surface area contributed by atoms with E-state index < -0.39 is 0 Å². The van der Waals surface area contributed by atoms with E-state index in [0.29, 0.717) is 18.3 Å². The quantitative estimate of drug-likeness (QED) is 0.817. The Morgan fingerprint density at radius 1 is 1.50 bits per heavy atom. The second-order valence-corrected chi connectivity index (χ2v) is 5.97. The van der Waals surface area contributed by atoms with Crippen LogP contribution in [-0.4, -0.2) is 37.2 Å². The van der Waals surface area contributed by atoms with Crippen molar-refractivity contribution in [1.82, 2.24) is 5.32 Å². The average Bonchev–Trinajstić information content (AvgIpc) is 2.49. The van der Waals surface area contributed by atoms with Crippen molar-refractivity contribution in [2.45, 2.75) is 24.6 Å². The van der Waals surface area contributed by atoms with Gasteiger partial charge in [-0.05, 0) is 12.6 Å². The smallest absolute Gasteiger partial charge is 0.306 e. The third-order valence-corrected chi connectivity index (χ3v) is 4.60. The lowest BCUT2D eigenvalue weighted by Gasteiger charge is -2.33. The molecule has 1 aliphatic heterocycles. The Morgan fingerprint density at radius 2 is 2.30 bits per heavy atom. The van der Waals surface area contributed by atoms with Crippen molar-refractivity contribution < 1.29 is 14.3 Å². The molecule has 1 aromatic carbocycles. The second kappa shape index (κ2) is 7.55. The van der Waals surface area contributed by atoms with Crippen molar-refractivity contribution in [3.8, 4) is 5.75 Å². The first-order chi connectivity index (χ1) is 9.76. The number of rotatable bonds is 6. The SMILES string of the molecule is CCNC1c2ccccc2OCC1SCCC(=O)OC. The lowest BCUT2D eigenvalue weighted by Crippen LogP contribution is -2.37. The van der Waals surface area contributed by atoms with Gasteiger partial charge in [0.2, 0.25) is 0 Å². The third-order valence-electron chi connectivity index (χ3n) is 3.32. The summed E-state index contributed by atoms with van der Waals surface area (Å²) in [6, 6.07) is 8.42. The van der Waals surface area contributed by atoms with E-state index in [1.807, 2.05) is 18.2 Å². The molecule has 2 atom stereocenters. The van der Waals surface area contributed by atoms with Gasteiger partial charge in [-0.3, -0.25) is 4.79 Å². The molecule has 4 nitrogen and oxygen atoms in total. The van der Waals surface area contributed by atoms with Crippen LogP contribution in [0.4, 0.5) is 0 Å². The average molecular weight is 295 g/mol. The van der Waals surface area contributed by atoms with E-state index in [1.165, 1.54) is 12.7 Å². The van der Waals surface area contributed by atoms with E-state index in [2.05, 4.69) is 23.0 Å². The third kappa shape index (κ3) is 3.67. The fourth-order valence-electron chi connectivity index (χ4n) is 2.34. The topological polar surface area (TPSA) is 47.6 Å². The standard InChI is InChI=1S/C15H21NO3S/c1-3-16-15-11-6-4-5-7-12(11)19-10-13(15)20-9-8-14(17)18-2/h4-7,13,15-16H,3,8-10H2,1-2H3. The van der Waals surface area contributed by atoms with Crippen LogP contribution in [0.15, 0.2) is 24.3 Å². The largest absolute Gasteiger partial charge is 0.492 e. The Morgan fingerprint density at radius 3 is 3.05 bits per heavy atom. The summed E-state index contributed by atoms with van der Waals surface area (Å²) in [6.07, 6.45) is 0.443. The maximum atomic E-state index is 11.2. The van der Waals surface area contributed by atoms with Crippen molar-refractivity contribution >= 4 is 17.7 Å². The maximum absolute atomic E-state index is 11.2. The van der Waals surface area contributed by atoms with Crippen LogP contribution in [0.25, 0.3) is 0 Å². The molecule has 0 spiro atoms. The molecule has 2 rings (SSSR count). The molecular weight excluding hydrogens is 274 g/mol. The van der Waals surface area contributed by atoms with Crippen molar-refractivity contribution in [1.29, 1.82) is 0 Å². The predicted molar refractivity (Wildman–Crippen MR) is 81.2 cm³/mol. The predicted octanol–water partition coefficient (Wildman–Crippen LogP) is 2.39. The Labute approximate surface area is 124 Å². The van der Waals surface area contributed by atoms with E-state index in [4.69, 9.17) is 4.74 Å². The van der Waals surface area contributed by atoms with E-state index in [9.17, 15) is 4.79 Å². The Bertz CT molecular complexity index is 452. The molecule has 20 heavy (non-hydrogen) atoms. The number of hydrogen-bond donors (Lipinski definition) is 1. The summed E-state index contributed by atoms with van der Waals surface area (Å²) in [4.78, 5) is 11.2. The minimum atomic E-state index is -0.158. The second-order valence-electron chi connectivity index (χ2n) is 4.62. The highest BCUT2D eigenvalue weighted by atomic mass is 32.2. The fourth-order valence-corrected chi connectivity index (χ4v) is 3.53. The molecule has 5 heteroatoms. The first kappa shape index (κ1) is 15.2. The van der Waals surface area contributed by atoms with Crippen molar-refractivity contribution in [3.05, 3.63) is 29.8 Å². The molecule has 2 unspecified atom stereocenters. The zero-order valence-corrected chi connectivity index (χ0v) is 12.7. The summed E-state index contributed by atoms with van der Waals surface area (Å²) in [5, 5.41) is 3.84. The molecule has 0 aliphatic carbocycles. The molecule has 110 valence electrons. The van der Waals surface area contributed by atoms with Gasteiger partial charge in [-0.15, -0.1) is 0 Å². The molecule has 1 aliphatic rings. The van der Waals surface area contributed by atoms with Crippen LogP contribution in [0.1, 0.15) is 24.9 Å². The van der Waals surface area contributed by atoms with Crippen molar-refractivity contribution in [2.75, 3.05) is 26.0 Å². The first-order valence-electron chi connectivity index (χ1n) is 6.89. The summed E-state index contributed by atoms with van der Waals surface area (Å²) in [7, 11) is 1.43. The molecule has 0 saturated carbocycles. The summed E-state index contributed by atoms with van der Waals surface area (Å²) in [6.45, 7) is 3.68. The zero-order chi connectivity index (χ0) is 14.4. The van der Waals surface area contributed by atoms with E-state index in [1.54, 1.807) is 11.8 Å². The van der Waals surface area contributed by atoms with E-state index >= 15 is 0 Å². The molecular formula is C15H21NO3S. The minimum absolute atomic E-state index is 0.158. The molecule has 1 N–H and O–H groups in total. The number of fused-ring (bicyclic) bond motifs is 1. The number of para-hydroxylation sites is 1. The van der Waals surface area contributed by atoms with Gasteiger partial charge < -0.3 is 14.8 Å². The molecule has 0 fully saturated rings. The number of esters is 1. The fraction of sp³-hybridized carbons (Fsp3) is 0.533. The lowest BCUT2D eigenvalue weighted by molar-refractivity contribution is -0.140. The van der Waals surface area contributed by atoms with Gasteiger partial charge in [0, 0.05) is 11.3 Å². The number of ether oxygens (including phenoxy) is 2. The highest BCUT2D eigenvalue weighted by molar-refractivity contribution is 8.00. The van der Waals surface area contributed by atoms with Gasteiger partial charge in [0.05, 0.1) is 24.8 Å². The summed E-state index contributed by atoms with van der Waals surface area (Å²) >= 11 is 1.76. The van der Waals surface area contributed by atoms with Gasteiger partial charge in [-0.25, -0.2) is 0 Å². The highest BCUT2D eigenvalue weighted by Gasteiger charge is 2.30. The Kier molecular flexibility index (Phi) is 5.73. The molecule has 0 radical (unpaired) electrons. The van der Waals surface area contributed by atoms with Crippen LogP contribution in [0.2, 0.25) is 0 Å². The summed E-state index contributed by atoms with van der Waals surface area (Å²) in [5.74, 6) is 1.56. The number of thioether (sulfide) groups is 1. The van der Waals surface area contributed by atoms with Crippen LogP contribution in [-0.2, 0) is 9.53 Å². The number of methoxy groups -OCH3 is 1. The lowest BCUT2D eigenvalue weighted by atomic mass is 10.0. The molecule has 0 bridgehead atoms. The zero-order valence-electron chi connectivity index (χ0n) is 11.9. The van der Waals surface area contributed by atoms with Gasteiger partial charge in [-0.1, -0.05) is 25.1 Å². The van der Waals surface area contributed by atoms with Crippen LogP contribution >= 0.6 is 11.8 Å². The first-order valence-corrected chi connectivity index (χ1v) is 7.94. The molecule has 0 aromatic heterocycles. The summed E-state index contributed by atoms with van der Waals surface area (Å²) < 4.78 is 10.5. The number of nitrogens with one attached hydrogen (secondary N) is 1. The number of hydrogen-bond acceptors (Lipinski definition) is 5. The molecule has 1 heterocycles. The highest BCUT2D eigenvalue weighted by Crippen LogP contribution is 2.37. The van der Waals surface area contributed by atoms with Gasteiger partial charge in [0.1, 0.15) is 12.4 Å². The van der Waals surface area contributed by atoms with Gasteiger partial charge in [0.25, 0.3) is 0 Å². The number of benzene rings is 1. The molecule has 1 aromatic rings. The van der Waals surface area contributed by atoms with E-state index in [0.717, 1.165) is 18.0 Å². The van der Waals surface area contributed by atoms with Crippen LogP contribution < -0.4 is 10.1 Å². The van der Waals surface area contributed by atoms with Crippen molar-refractivity contribution in [3.63, 3.8) is 0 Å². The van der Waals surface area contributed by atoms with Gasteiger partial charge in [0.15, 0.2) is 0 Å². The maximum Gasteiger partial charge on any atom is 0.306 e. The van der Waals surface area contributed by atoms with Gasteiger partial charge >= 0.3 is 5.97 Å². The molecule has 0 saturated heterocycles. The summed E-state index contributed by atoms with van der Waals surface area (Å²) in [5.41, 5.74) is 1.20. The van der Waals surface area contributed by atoms with Crippen molar-refractivity contribution in [2.24, 2.45) is 0 Å². The number of carbonyl (C=O) groups is 1. The monoisotopic (exact) mass is 295 g/mol. The Hall–Kier alpha value is -1.20. The van der Waals surface area contributed by atoms with Crippen LogP contribution in [0.5, 0.6) is 5.75 Å². The van der Waals surface area contributed by atoms with Crippen LogP contribution in [0.3, 0.4) is 0 Å². The Balaban J connectivity index is 2.00. The number of carbonyl (C=O) groups excluding carboxylic acids is 1.